The van der Waals surface area contributed by atoms with Crippen molar-refractivity contribution in [2.24, 2.45) is 28.6 Å². The fourth-order valence-electron chi connectivity index (χ4n) is 5.62. The first-order chi connectivity index (χ1) is 22.2. The molecule has 0 radical (unpaired) electrons. The number of ketones is 1. The Morgan fingerprint density at radius 3 is 1.98 bits per heavy atom. The smallest absolute Gasteiger partial charge is 0.329 e. The highest BCUT2D eigenvalue weighted by molar-refractivity contribution is 6.39. The number of likely N-dealkylation sites (tertiary alicyclic amines) is 1. The van der Waals surface area contributed by atoms with Gasteiger partial charge in [0.25, 0.3) is 5.91 Å². The summed E-state index contributed by atoms with van der Waals surface area (Å²) in [4.78, 5) is 81.7. The quantitative estimate of drug-likeness (QED) is 0.117. The predicted octanol–water partition coefficient (Wildman–Crippen LogP) is 3.65. The summed E-state index contributed by atoms with van der Waals surface area (Å²) in [6, 6.07) is -4.92. The maximum Gasteiger partial charge on any atom is 0.329 e. The van der Waals surface area contributed by atoms with Gasteiger partial charge in [0.15, 0.2) is 0 Å². The molecule has 270 valence electrons. The van der Waals surface area contributed by atoms with Crippen molar-refractivity contribution in [3.05, 3.63) is 24.8 Å². The highest BCUT2D eigenvalue weighted by Crippen LogP contribution is 2.35. The molecule has 12 nitrogen and oxygen atoms in total. The van der Waals surface area contributed by atoms with Crippen molar-refractivity contribution in [2.75, 3.05) is 13.1 Å². The zero-order valence-corrected chi connectivity index (χ0v) is 30.6. The molecule has 6 atom stereocenters. The number of Topliss-reactive ketones (excluding diaryl/α,β-unsaturated/α-hetero) is 1. The van der Waals surface area contributed by atoms with Gasteiger partial charge in [-0.2, -0.15) is 0 Å². The van der Waals surface area contributed by atoms with E-state index in [0.717, 1.165) is 12.8 Å². The number of urea groups is 1. The Bertz CT molecular complexity index is 1230. The zero-order chi connectivity index (χ0) is 36.6. The number of nitrogens with zero attached hydrogens (tertiary/aromatic N) is 1. The van der Waals surface area contributed by atoms with Gasteiger partial charge in [-0.3, -0.25) is 19.2 Å². The number of ether oxygens (including phenoxy) is 1. The first-order valence-electron chi connectivity index (χ1n) is 17.2. The lowest BCUT2D eigenvalue weighted by molar-refractivity contribution is -0.154. The van der Waals surface area contributed by atoms with Crippen molar-refractivity contribution in [3.63, 3.8) is 0 Å². The van der Waals surface area contributed by atoms with Crippen LogP contribution in [0.5, 0.6) is 0 Å². The number of esters is 1. The molecule has 1 saturated heterocycles. The van der Waals surface area contributed by atoms with E-state index in [4.69, 9.17) is 4.74 Å². The van der Waals surface area contributed by atoms with Crippen LogP contribution in [-0.2, 0) is 28.7 Å². The minimum atomic E-state index is -1.23. The highest BCUT2D eigenvalue weighted by Gasteiger charge is 2.46. The number of carbonyl (C=O) groups is 6. The van der Waals surface area contributed by atoms with Crippen LogP contribution in [0.4, 0.5) is 4.79 Å². The Morgan fingerprint density at radius 1 is 0.896 bits per heavy atom. The van der Waals surface area contributed by atoms with E-state index < -0.39 is 70.5 Å². The second kappa shape index (κ2) is 17.1. The maximum atomic E-state index is 14.3. The van der Waals surface area contributed by atoms with Gasteiger partial charge in [0, 0.05) is 13.1 Å². The Morgan fingerprint density at radius 2 is 1.48 bits per heavy atom. The molecular formula is C36H59N5O7. The molecular weight excluding hydrogens is 614 g/mol. The van der Waals surface area contributed by atoms with Crippen molar-refractivity contribution in [1.82, 2.24) is 26.2 Å². The number of nitrogens with one attached hydrogen (secondary N) is 4. The Labute approximate surface area is 286 Å². The molecule has 0 bridgehead atoms. The molecule has 2 aliphatic rings. The van der Waals surface area contributed by atoms with Crippen LogP contribution >= 0.6 is 0 Å². The van der Waals surface area contributed by atoms with Crippen molar-refractivity contribution in [3.8, 4) is 0 Å². The van der Waals surface area contributed by atoms with Crippen LogP contribution < -0.4 is 21.3 Å². The molecule has 1 heterocycles. The number of hydrogen-bond donors (Lipinski definition) is 4. The van der Waals surface area contributed by atoms with Crippen molar-refractivity contribution in [2.45, 2.75) is 125 Å². The molecule has 0 aromatic rings. The molecule has 2 fully saturated rings. The van der Waals surface area contributed by atoms with E-state index in [-0.39, 0.29) is 31.0 Å². The van der Waals surface area contributed by atoms with Gasteiger partial charge in [-0.1, -0.05) is 80.5 Å². The standard InChI is InChI=1S/C36H59N5O7/c1-12-14-15-25(27(42)31(44)37-18-13-2)38-30(43)26-19-24(21(3)4)20-41(26)32(45)28(35(6,7)8)39-34(47)40-29(36(9,10)11)33(46)48-22(5)23-16-17-23/h13-15,21-26,28-29H,2,12,16-20H2,1,3-11H3,(H,37,44)(H,38,43)(H2,39,40,47)/b15-14+/t22?,24-,25?,26+,28-,29-/m1/s1. The van der Waals surface area contributed by atoms with E-state index in [9.17, 15) is 28.8 Å². The van der Waals surface area contributed by atoms with E-state index in [1.807, 2.05) is 48.5 Å². The fourth-order valence-corrected chi connectivity index (χ4v) is 5.62. The van der Waals surface area contributed by atoms with Crippen LogP contribution in [-0.4, -0.2) is 83.8 Å². The predicted molar refractivity (Wildman–Crippen MR) is 184 cm³/mol. The lowest BCUT2D eigenvalue weighted by atomic mass is 9.85. The number of hydrogen-bond acceptors (Lipinski definition) is 7. The Balaban J connectivity index is 2.32. The van der Waals surface area contributed by atoms with Gasteiger partial charge in [0.1, 0.15) is 30.3 Å². The van der Waals surface area contributed by atoms with Crippen molar-refractivity contribution in [1.29, 1.82) is 0 Å². The lowest BCUT2D eigenvalue weighted by Gasteiger charge is -2.37. The van der Waals surface area contributed by atoms with Crippen LogP contribution in [0.1, 0.15) is 94.9 Å². The molecule has 1 aliphatic heterocycles. The molecule has 1 aliphatic carbocycles. The summed E-state index contributed by atoms with van der Waals surface area (Å²) in [6.45, 7) is 22.5. The van der Waals surface area contributed by atoms with Gasteiger partial charge >= 0.3 is 12.0 Å². The minimum Gasteiger partial charge on any atom is -0.461 e. The normalized spacial score (nSPS) is 20.8. The summed E-state index contributed by atoms with van der Waals surface area (Å²) >= 11 is 0. The first kappa shape index (κ1) is 40.5. The van der Waals surface area contributed by atoms with Gasteiger partial charge < -0.3 is 30.9 Å². The maximum absolute atomic E-state index is 14.3. The number of rotatable bonds is 15. The third-order valence-electron chi connectivity index (χ3n) is 8.99. The second-order valence-corrected chi connectivity index (χ2v) is 15.6. The topological polar surface area (TPSA) is 163 Å². The van der Waals surface area contributed by atoms with E-state index in [2.05, 4.69) is 27.8 Å². The average Bonchev–Trinajstić information content (AvgIpc) is 3.75. The van der Waals surface area contributed by atoms with Crippen molar-refractivity contribution < 1.29 is 33.5 Å². The van der Waals surface area contributed by atoms with Gasteiger partial charge in [-0.25, -0.2) is 9.59 Å². The third-order valence-corrected chi connectivity index (χ3v) is 8.99. The third kappa shape index (κ3) is 11.5. The van der Waals surface area contributed by atoms with Crippen LogP contribution in [0.15, 0.2) is 24.8 Å². The Hall–Kier alpha value is -3.70. The fraction of sp³-hybridized carbons (Fsp3) is 0.722. The van der Waals surface area contributed by atoms with E-state index in [0.29, 0.717) is 18.8 Å². The number of allylic oxidation sites excluding steroid dienone is 1. The molecule has 5 amide bonds. The molecule has 0 aromatic carbocycles. The molecule has 0 aromatic heterocycles. The number of carbonyl (C=O) groups excluding carboxylic acids is 6. The summed E-state index contributed by atoms with van der Waals surface area (Å²) in [5, 5.41) is 10.7. The summed E-state index contributed by atoms with van der Waals surface area (Å²) in [5.41, 5.74) is -1.46. The molecule has 2 unspecified atom stereocenters. The molecule has 0 spiro atoms. The highest BCUT2D eigenvalue weighted by atomic mass is 16.5. The van der Waals surface area contributed by atoms with Crippen LogP contribution in [0, 0.1) is 28.6 Å². The summed E-state index contributed by atoms with van der Waals surface area (Å²) in [7, 11) is 0. The second-order valence-electron chi connectivity index (χ2n) is 15.6. The van der Waals surface area contributed by atoms with E-state index >= 15 is 0 Å². The van der Waals surface area contributed by atoms with Crippen LogP contribution in [0.25, 0.3) is 0 Å². The minimum absolute atomic E-state index is 0.0242. The molecule has 2 rings (SSSR count). The van der Waals surface area contributed by atoms with Crippen LogP contribution in [0.3, 0.4) is 0 Å². The van der Waals surface area contributed by atoms with E-state index in [1.54, 1.807) is 26.8 Å². The molecule has 48 heavy (non-hydrogen) atoms. The summed E-state index contributed by atoms with van der Waals surface area (Å²) in [5.74, 6) is -2.82. The first-order valence-corrected chi connectivity index (χ1v) is 17.2. The molecule has 12 heteroatoms. The lowest BCUT2D eigenvalue weighted by Crippen LogP contribution is -2.62. The summed E-state index contributed by atoms with van der Waals surface area (Å²) in [6.07, 6.45) is 7.27. The number of amides is 5. The van der Waals surface area contributed by atoms with Gasteiger partial charge in [-0.05, 0) is 61.2 Å². The van der Waals surface area contributed by atoms with Gasteiger partial charge in [-0.15, -0.1) is 6.58 Å². The largest absolute Gasteiger partial charge is 0.461 e. The average molecular weight is 674 g/mol. The molecule has 4 N–H and O–H groups in total. The van der Waals surface area contributed by atoms with Gasteiger partial charge in [0.05, 0.1) is 0 Å². The summed E-state index contributed by atoms with van der Waals surface area (Å²) < 4.78 is 5.69. The zero-order valence-electron chi connectivity index (χ0n) is 30.6. The Kier molecular flexibility index (Phi) is 14.4. The van der Waals surface area contributed by atoms with Gasteiger partial charge in [0.2, 0.25) is 17.6 Å². The monoisotopic (exact) mass is 673 g/mol. The van der Waals surface area contributed by atoms with Crippen LogP contribution in [0.2, 0.25) is 0 Å². The SMILES string of the molecule is C=CCNC(=O)C(=O)C(/C=C/CC)NC(=O)[C@@H]1C[C@@H](C(C)C)CN1C(=O)[C@@H](NC(=O)N[C@H](C(=O)OC(C)C1CC1)C(C)(C)C)C(C)(C)C. The molecule has 1 saturated carbocycles. The van der Waals surface area contributed by atoms with E-state index in [1.165, 1.54) is 17.1 Å². The van der Waals surface area contributed by atoms with Crippen molar-refractivity contribution >= 4 is 35.5 Å².